The third-order valence-electron chi connectivity index (χ3n) is 3.62. The lowest BCUT2D eigenvalue weighted by molar-refractivity contribution is -0.115. The van der Waals surface area contributed by atoms with Crippen LogP contribution >= 0.6 is 23.4 Å². The minimum Gasteiger partial charge on any atom is -0.325 e. The van der Waals surface area contributed by atoms with Crippen molar-refractivity contribution in [3.05, 3.63) is 59.1 Å². The van der Waals surface area contributed by atoms with Crippen LogP contribution in [0, 0.1) is 6.92 Å². The van der Waals surface area contributed by atoms with E-state index in [0.29, 0.717) is 15.9 Å². The molecule has 25 heavy (non-hydrogen) atoms. The smallest absolute Gasteiger partial charge is 0.237 e. The Balaban J connectivity index is 1.73. The van der Waals surface area contributed by atoms with Gasteiger partial charge in [-0.25, -0.2) is 0 Å². The summed E-state index contributed by atoms with van der Waals surface area (Å²) in [7, 11) is 0. The second-order valence-electron chi connectivity index (χ2n) is 5.37. The largest absolute Gasteiger partial charge is 0.325 e. The molecule has 3 rings (SSSR count). The molecule has 1 aromatic heterocycles. The van der Waals surface area contributed by atoms with Crippen molar-refractivity contribution in [3.63, 3.8) is 0 Å². The molecule has 0 saturated carbocycles. The van der Waals surface area contributed by atoms with Gasteiger partial charge >= 0.3 is 0 Å². The lowest BCUT2D eigenvalue weighted by atomic mass is 10.2. The molecule has 1 unspecified atom stereocenters. The van der Waals surface area contributed by atoms with Crippen molar-refractivity contribution < 1.29 is 4.79 Å². The van der Waals surface area contributed by atoms with Crippen molar-refractivity contribution in [1.29, 1.82) is 0 Å². The topological polar surface area (TPSA) is 72.7 Å². The highest BCUT2D eigenvalue weighted by Gasteiger charge is 2.20. The molecule has 1 heterocycles. The summed E-state index contributed by atoms with van der Waals surface area (Å²) < 4.78 is 1.61. The van der Waals surface area contributed by atoms with Gasteiger partial charge in [0.15, 0.2) is 0 Å². The van der Waals surface area contributed by atoms with Gasteiger partial charge in [0.1, 0.15) is 0 Å². The molecule has 128 valence electrons. The third-order valence-corrected chi connectivity index (χ3v) is 5.06. The van der Waals surface area contributed by atoms with E-state index in [1.54, 1.807) is 16.8 Å². The molecular formula is C17H16ClN5OS. The van der Waals surface area contributed by atoms with Gasteiger partial charge in [-0.05, 0) is 54.1 Å². The summed E-state index contributed by atoms with van der Waals surface area (Å²) in [5.41, 5.74) is 2.38. The molecule has 1 N–H and O–H groups in total. The second kappa shape index (κ2) is 7.67. The van der Waals surface area contributed by atoms with Crippen LogP contribution < -0.4 is 5.32 Å². The molecule has 0 fully saturated rings. The highest BCUT2D eigenvalue weighted by Crippen LogP contribution is 2.26. The maximum absolute atomic E-state index is 12.5. The summed E-state index contributed by atoms with van der Waals surface area (Å²) in [4.78, 5) is 12.5. The van der Waals surface area contributed by atoms with Crippen molar-refractivity contribution >= 4 is 35.0 Å². The first-order valence-electron chi connectivity index (χ1n) is 7.62. The van der Waals surface area contributed by atoms with E-state index in [0.717, 1.165) is 11.3 Å². The summed E-state index contributed by atoms with van der Waals surface area (Å²) >= 11 is 7.39. The van der Waals surface area contributed by atoms with Crippen LogP contribution in [-0.2, 0) is 4.79 Å². The number of hydrogen-bond donors (Lipinski definition) is 1. The van der Waals surface area contributed by atoms with Crippen molar-refractivity contribution in [2.45, 2.75) is 24.3 Å². The number of thioether (sulfide) groups is 1. The number of tetrazole rings is 1. The van der Waals surface area contributed by atoms with E-state index in [2.05, 4.69) is 20.8 Å². The van der Waals surface area contributed by atoms with Crippen LogP contribution in [0.3, 0.4) is 0 Å². The molecular weight excluding hydrogens is 358 g/mol. The molecule has 0 radical (unpaired) electrons. The van der Waals surface area contributed by atoms with E-state index in [1.165, 1.54) is 11.8 Å². The van der Waals surface area contributed by atoms with Gasteiger partial charge in [-0.15, -0.1) is 5.10 Å². The SMILES string of the molecule is Cc1c(Cl)cccc1NC(=O)C(C)Sc1nnnn1-c1ccccc1. The van der Waals surface area contributed by atoms with Gasteiger partial charge in [0.2, 0.25) is 11.1 Å². The van der Waals surface area contributed by atoms with Crippen LogP contribution in [0.4, 0.5) is 5.69 Å². The predicted molar refractivity (Wildman–Crippen MR) is 99.3 cm³/mol. The van der Waals surface area contributed by atoms with Gasteiger partial charge in [0.25, 0.3) is 0 Å². The van der Waals surface area contributed by atoms with Crippen LogP contribution in [0.5, 0.6) is 0 Å². The fraction of sp³-hybridized carbons (Fsp3) is 0.176. The normalized spacial score (nSPS) is 12.0. The minimum absolute atomic E-state index is 0.141. The number of benzene rings is 2. The number of amides is 1. The quantitative estimate of drug-likeness (QED) is 0.689. The Morgan fingerprint density at radius 3 is 2.72 bits per heavy atom. The molecule has 1 amide bonds. The lowest BCUT2D eigenvalue weighted by Gasteiger charge is -2.13. The van der Waals surface area contributed by atoms with E-state index in [1.807, 2.05) is 50.2 Å². The molecule has 0 aliphatic heterocycles. The van der Waals surface area contributed by atoms with Crippen molar-refractivity contribution in [2.75, 3.05) is 5.32 Å². The number of hydrogen-bond acceptors (Lipinski definition) is 5. The fourth-order valence-electron chi connectivity index (χ4n) is 2.17. The molecule has 0 spiro atoms. The maximum Gasteiger partial charge on any atom is 0.237 e. The Morgan fingerprint density at radius 1 is 1.20 bits per heavy atom. The van der Waals surface area contributed by atoms with Gasteiger partial charge in [-0.1, -0.05) is 47.6 Å². The van der Waals surface area contributed by atoms with E-state index in [9.17, 15) is 4.79 Å². The molecule has 0 bridgehead atoms. The number of rotatable bonds is 5. The van der Waals surface area contributed by atoms with Crippen LogP contribution in [0.25, 0.3) is 5.69 Å². The molecule has 8 heteroatoms. The average molecular weight is 374 g/mol. The first kappa shape index (κ1) is 17.4. The molecule has 0 aliphatic rings. The van der Waals surface area contributed by atoms with Gasteiger partial charge < -0.3 is 5.32 Å². The number of halogens is 1. The highest BCUT2D eigenvalue weighted by atomic mass is 35.5. The number of carbonyl (C=O) groups is 1. The van der Waals surface area contributed by atoms with Gasteiger partial charge in [-0.2, -0.15) is 4.68 Å². The van der Waals surface area contributed by atoms with Crippen LogP contribution in [0.1, 0.15) is 12.5 Å². The summed E-state index contributed by atoms with van der Waals surface area (Å²) in [5, 5.41) is 15.4. The molecule has 0 aliphatic carbocycles. The predicted octanol–water partition coefficient (Wildman–Crippen LogP) is 3.74. The zero-order chi connectivity index (χ0) is 17.8. The Hall–Kier alpha value is -2.38. The number of para-hydroxylation sites is 1. The maximum atomic E-state index is 12.5. The van der Waals surface area contributed by atoms with Crippen molar-refractivity contribution in [2.24, 2.45) is 0 Å². The number of aromatic nitrogens is 4. The number of anilines is 1. The Bertz CT molecular complexity index is 884. The van der Waals surface area contributed by atoms with Gasteiger partial charge in [0.05, 0.1) is 10.9 Å². The summed E-state index contributed by atoms with van der Waals surface area (Å²) in [6, 6.07) is 15.0. The van der Waals surface area contributed by atoms with E-state index in [-0.39, 0.29) is 11.2 Å². The summed E-state index contributed by atoms with van der Waals surface area (Å²) in [6.45, 7) is 3.68. The average Bonchev–Trinajstić information content (AvgIpc) is 3.07. The van der Waals surface area contributed by atoms with Crippen LogP contribution in [0.15, 0.2) is 53.7 Å². The van der Waals surface area contributed by atoms with Gasteiger partial charge in [-0.3, -0.25) is 4.79 Å². The standard InChI is InChI=1S/C17H16ClN5OS/c1-11-14(18)9-6-10-15(11)19-16(24)12(2)25-17-20-21-22-23(17)13-7-4-3-5-8-13/h3-10,12H,1-2H3,(H,19,24). The zero-order valence-electron chi connectivity index (χ0n) is 13.7. The Morgan fingerprint density at radius 2 is 1.96 bits per heavy atom. The van der Waals surface area contributed by atoms with Gasteiger partial charge in [0, 0.05) is 10.7 Å². The van der Waals surface area contributed by atoms with E-state index >= 15 is 0 Å². The molecule has 1 atom stereocenters. The minimum atomic E-state index is -0.383. The second-order valence-corrected chi connectivity index (χ2v) is 7.09. The fourth-order valence-corrected chi connectivity index (χ4v) is 3.15. The van der Waals surface area contributed by atoms with Crippen LogP contribution in [0.2, 0.25) is 5.02 Å². The zero-order valence-corrected chi connectivity index (χ0v) is 15.3. The monoisotopic (exact) mass is 373 g/mol. The third kappa shape index (κ3) is 4.00. The molecule has 6 nitrogen and oxygen atoms in total. The lowest BCUT2D eigenvalue weighted by Crippen LogP contribution is -2.23. The summed E-state index contributed by atoms with van der Waals surface area (Å²) in [6.07, 6.45) is 0. The van der Waals surface area contributed by atoms with Crippen molar-refractivity contribution in [3.8, 4) is 5.69 Å². The van der Waals surface area contributed by atoms with E-state index < -0.39 is 0 Å². The molecule has 3 aromatic rings. The molecule has 2 aromatic carbocycles. The molecule has 0 saturated heterocycles. The van der Waals surface area contributed by atoms with Crippen molar-refractivity contribution in [1.82, 2.24) is 20.2 Å². The Kier molecular flexibility index (Phi) is 5.35. The number of nitrogens with zero attached hydrogens (tertiary/aromatic N) is 4. The first-order chi connectivity index (χ1) is 12.1. The number of nitrogens with one attached hydrogen (secondary N) is 1. The number of carbonyl (C=O) groups excluding carboxylic acids is 1. The Labute approximate surface area is 154 Å². The van der Waals surface area contributed by atoms with E-state index in [4.69, 9.17) is 11.6 Å². The highest BCUT2D eigenvalue weighted by molar-refractivity contribution is 8.00. The first-order valence-corrected chi connectivity index (χ1v) is 8.88. The van der Waals surface area contributed by atoms with Crippen LogP contribution in [-0.4, -0.2) is 31.4 Å². The summed E-state index contributed by atoms with van der Waals surface area (Å²) in [5.74, 6) is -0.141.